The Balaban J connectivity index is 3.86. The Morgan fingerprint density at radius 2 is 1.82 bits per heavy atom. The molecule has 1 heteroatoms. The lowest BCUT2D eigenvalue weighted by Crippen LogP contribution is -2.14. The zero-order valence-corrected chi connectivity index (χ0v) is 8.57. The van der Waals surface area contributed by atoms with Crippen molar-refractivity contribution in [1.29, 1.82) is 0 Å². The molecule has 0 aliphatic heterocycles. The highest BCUT2D eigenvalue weighted by Gasteiger charge is 2.13. The first-order valence-corrected chi connectivity index (χ1v) is 4.51. The second kappa shape index (κ2) is 4.53. The molecule has 0 aliphatic carbocycles. The summed E-state index contributed by atoms with van der Waals surface area (Å²) in [7, 11) is 0. The van der Waals surface area contributed by atoms with Gasteiger partial charge in [0.15, 0.2) is 0 Å². The molecule has 0 aromatic heterocycles. The average molecular weight is 155 g/mol. The minimum atomic E-state index is 0.385. The Hall–Kier alpha value is -0.330. The topological polar surface area (TPSA) is 12.4 Å². The van der Waals surface area contributed by atoms with Crippen molar-refractivity contribution in [3.63, 3.8) is 0 Å². The fourth-order valence-corrected chi connectivity index (χ4v) is 0.573. The van der Waals surface area contributed by atoms with Crippen LogP contribution in [0.15, 0.2) is 4.99 Å². The van der Waals surface area contributed by atoms with E-state index < -0.39 is 0 Å². The summed E-state index contributed by atoms with van der Waals surface area (Å²) in [5.74, 6) is 0. The van der Waals surface area contributed by atoms with Crippen molar-refractivity contribution in [2.75, 3.05) is 6.54 Å². The monoisotopic (exact) mass is 155 g/mol. The zero-order valence-electron chi connectivity index (χ0n) is 8.57. The van der Waals surface area contributed by atoms with Crippen LogP contribution in [-0.4, -0.2) is 12.3 Å². The molecule has 0 aliphatic rings. The van der Waals surface area contributed by atoms with Crippen LogP contribution in [0.3, 0.4) is 0 Å². The van der Waals surface area contributed by atoms with Crippen LogP contribution in [0.4, 0.5) is 0 Å². The van der Waals surface area contributed by atoms with Gasteiger partial charge in [-0.1, -0.05) is 27.7 Å². The molecule has 0 N–H and O–H groups in total. The van der Waals surface area contributed by atoms with Gasteiger partial charge in [0.05, 0.1) is 0 Å². The first-order chi connectivity index (χ1) is 5.02. The van der Waals surface area contributed by atoms with E-state index in [9.17, 15) is 0 Å². The second-order valence-corrected chi connectivity index (χ2v) is 3.92. The molecule has 0 bridgehead atoms. The van der Waals surface area contributed by atoms with Crippen LogP contribution in [0.5, 0.6) is 0 Å². The van der Waals surface area contributed by atoms with E-state index >= 15 is 0 Å². The van der Waals surface area contributed by atoms with Gasteiger partial charge < -0.3 is 0 Å². The van der Waals surface area contributed by atoms with Crippen LogP contribution in [0.1, 0.15) is 47.5 Å². The maximum atomic E-state index is 4.50. The summed E-state index contributed by atoms with van der Waals surface area (Å²) >= 11 is 0. The third-order valence-corrected chi connectivity index (χ3v) is 2.25. The molecule has 66 valence electrons. The van der Waals surface area contributed by atoms with E-state index in [4.69, 9.17) is 0 Å². The Kier molecular flexibility index (Phi) is 4.39. The standard InChI is InChI=1S/C10H21N/c1-6-9(3)11-8-10(4,5)7-2/h6-8H2,1-5H3. The fraction of sp³-hybridized carbons (Fsp3) is 0.900. The van der Waals surface area contributed by atoms with Gasteiger partial charge in [-0.15, -0.1) is 0 Å². The molecule has 11 heavy (non-hydrogen) atoms. The summed E-state index contributed by atoms with van der Waals surface area (Å²) in [6.45, 7) is 12.0. The molecule has 0 aromatic rings. The normalized spacial score (nSPS) is 13.7. The molecular weight excluding hydrogens is 134 g/mol. The highest BCUT2D eigenvalue weighted by Crippen LogP contribution is 2.19. The fourth-order valence-electron chi connectivity index (χ4n) is 0.573. The number of hydrogen-bond donors (Lipinski definition) is 0. The van der Waals surface area contributed by atoms with Gasteiger partial charge in [0.2, 0.25) is 0 Å². The number of hydrogen-bond acceptors (Lipinski definition) is 1. The average Bonchev–Trinajstić information content (AvgIpc) is 2.00. The van der Waals surface area contributed by atoms with Gasteiger partial charge in [0.1, 0.15) is 0 Å². The van der Waals surface area contributed by atoms with E-state index in [0.29, 0.717) is 5.41 Å². The highest BCUT2D eigenvalue weighted by atomic mass is 14.7. The highest BCUT2D eigenvalue weighted by molar-refractivity contribution is 5.81. The second-order valence-electron chi connectivity index (χ2n) is 3.92. The molecular formula is C10H21N. The third-order valence-electron chi connectivity index (χ3n) is 2.25. The molecule has 0 rings (SSSR count). The summed E-state index contributed by atoms with van der Waals surface area (Å²) in [6, 6.07) is 0. The van der Waals surface area contributed by atoms with E-state index in [1.54, 1.807) is 0 Å². The summed E-state index contributed by atoms with van der Waals surface area (Å²) in [5.41, 5.74) is 1.66. The van der Waals surface area contributed by atoms with E-state index in [0.717, 1.165) is 13.0 Å². The lowest BCUT2D eigenvalue weighted by molar-refractivity contribution is 0.366. The van der Waals surface area contributed by atoms with E-state index in [1.807, 2.05) is 0 Å². The predicted molar refractivity (Wildman–Crippen MR) is 52.3 cm³/mol. The minimum absolute atomic E-state index is 0.385. The summed E-state index contributed by atoms with van der Waals surface area (Å²) in [4.78, 5) is 4.50. The Morgan fingerprint density at radius 3 is 2.18 bits per heavy atom. The van der Waals surface area contributed by atoms with Crippen molar-refractivity contribution in [1.82, 2.24) is 0 Å². The predicted octanol–water partition coefficient (Wildman–Crippen LogP) is 3.29. The zero-order chi connectivity index (χ0) is 8.91. The minimum Gasteiger partial charge on any atom is -0.294 e. The quantitative estimate of drug-likeness (QED) is 0.552. The molecule has 0 fully saturated rings. The molecule has 0 amide bonds. The molecule has 1 nitrogen and oxygen atoms in total. The lowest BCUT2D eigenvalue weighted by Gasteiger charge is -2.19. The van der Waals surface area contributed by atoms with Gasteiger partial charge in [-0.25, -0.2) is 0 Å². The van der Waals surface area contributed by atoms with Gasteiger partial charge in [-0.05, 0) is 25.2 Å². The molecule has 0 atom stereocenters. The van der Waals surface area contributed by atoms with Gasteiger partial charge in [0.25, 0.3) is 0 Å². The summed E-state index contributed by atoms with van der Waals surface area (Å²) in [6.07, 6.45) is 2.29. The third kappa shape index (κ3) is 5.00. The van der Waals surface area contributed by atoms with E-state index in [1.165, 1.54) is 12.1 Å². The van der Waals surface area contributed by atoms with Crippen molar-refractivity contribution >= 4 is 5.71 Å². The Labute approximate surface area is 70.9 Å². The lowest BCUT2D eigenvalue weighted by atomic mass is 9.90. The largest absolute Gasteiger partial charge is 0.294 e. The van der Waals surface area contributed by atoms with Crippen LogP contribution in [0.2, 0.25) is 0 Å². The number of rotatable bonds is 4. The molecule has 0 saturated carbocycles. The Bertz CT molecular complexity index is 134. The molecule has 0 radical (unpaired) electrons. The van der Waals surface area contributed by atoms with Crippen molar-refractivity contribution in [3.8, 4) is 0 Å². The number of nitrogens with zero attached hydrogens (tertiary/aromatic N) is 1. The van der Waals surface area contributed by atoms with Crippen LogP contribution in [0.25, 0.3) is 0 Å². The molecule has 0 aromatic carbocycles. The molecule has 0 spiro atoms. The van der Waals surface area contributed by atoms with Crippen LogP contribution in [0, 0.1) is 5.41 Å². The van der Waals surface area contributed by atoms with Gasteiger partial charge in [-0.3, -0.25) is 4.99 Å². The van der Waals surface area contributed by atoms with Crippen LogP contribution >= 0.6 is 0 Å². The van der Waals surface area contributed by atoms with Crippen molar-refractivity contribution in [2.45, 2.75) is 47.5 Å². The molecule has 0 heterocycles. The SMILES string of the molecule is CCC(C)=NCC(C)(C)CC. The molecule has 0 saturated heterocycles. The van der Waals surface area contributed by atoms with E-state index in [-0.39, 0.29) is 0 Å². The maximum Gasteiger partial charge on any atom is 0.0439 e. The van der Waals surface area contributed by atoms with Gasteiger partial charge in [0, 0.05) is 12.3 Å². The van der Waals surface area contributed by atoms with Crippen molar-refractivity contribution < 1.29 is 0 Å². The van der Waals surface area contributed by atoms with Crippen molar-refractivity contribution in [3.05, 3.63) is 0 Å². The van der Waals surface area contributed by atoms with Crippen LogP contribution in [-0.2, 0) is 0 Å². The number of aliphatic imine (C=N–C) groups is 1. The molecule has 0 unspecified atom stereocenters. The summed E-state index contributed by atoms with van der Waals surface area (Å²) in [5, 5.41) is 0. The van der Waals surface area contributed by atoms with Crippen LogP contribution < -0.4 is 0 Å². The first kappa shape index (κ1) is 10.7. The van der Waals surface area contributed by atoms with Gasteiger partial charge >= 0.3 is 0 Å². The smallest absolute Gasteiger partial charge is 0.0439 e. The van der Waals surface area contributed by atoms with Gasteiger partial charge in [-0.2, -0.15) is 0 Å². The Morgan fingerprint density at radius 1 is 1.27 bits per heavy atom. The van der Waals surface area contributed by atoms with Crippen molar-refractivity contribution in [2.24, 2.45) is 10.4 Å². The summed E-state index contributed by atoms with van der Waals surface area (Å²) < 4.78 is 0. The van der Waals surface area contributed by atoms with E-state index in [2.05, 4.69) is 39.6 Å². The first-order valence-electron chi connectivity index (χ1n) is 4.51. The maximum absolute atomic E-state index is 4.50.